The van der Waals surface area contributed by atoms with Gasteiger partial charge in [0.05, 0.1) is 6.61 Å². The minimum absolute atomic E-state index is 0.0260. The lowest BCUT2D eigenvalue weighted by Gasteiger charge is -2.27. The van der Waals surface area contributed by atoms with Crippen molar-refractivity contribution in [3.8, 4) is 0 Å². The van der Waals surface area contributed by atoms with E-state index in [0.29, 0.717) is 0 Å². The van der Waals surface area contributed by atoms with E-state index in [1.165, 1.54) is 18.9 Å². The first kappa shape index (κ1) is 14.2. The van der Waals surface area contributed by atoms with Gasteiger partial charge >= 0.3 is 5.97 Å². The van der Waals surface area contributed by atoms with Crippen LogP contribution in [0.1, 0.15) is 12.5 Å². The Morgan fingerprint density at radius 1 is 1.33 bits per heavy atom. The largest absolute Gasteiger partial charge is 0.480 e. The number of hydrogen-bond acceptors (Lipinski definition) is 3. The van der Waals surface area contributed by atoms with Gasteiger partial charge < -0.3 is 14.7 Å². The number of hydrogen-bond donors (Lipinski definition) is 1. The summed E-state index contributed by atoms with van der Waals surface area (Å²) in [7, 11) is 1.41. The van der Waals surface area contributed by atoms with E-state index >= 15 is 0 Å². The van der Waals surface area contributed by atoms with Crippen molar-refractivity contribution in [2.24, 2.45) is 0 Å². The van der Waals surface area contributed by atoms with E-state index in [9.17, 15) is 9.59 Å². The van der Waals surface area contributed by atoms with Crippen LogP contribution in [0, 0.1) is 0 Å². The average molecular weight is 251 g/mol. The molecule has 0 fully saturated rings. The fourth-order valence-corrected chi connectivity index (χ4v) is 1.67. The van der Waals surface area contributed by atoms with Gasteiger partial charge in [0.2, 0.25) is 5.91 Å². The van der Waals surface area contributed by atoms with Crippen molar-refractivity contribution < 1.29 is 19.4 Å². The van der Waals surface area contributed by atoms with Gasteiger partial charge in [-0.05, 0) is 5.56 Å². The number of ether oxygens (including phenoxy) is 1. The van der Waals surface area contributed by atoms with Crippen LogP contribution in [0.4, 0.5) is 0 Å². The molecule has 5 nitrogen and oxygen atoms in total. The molecule has 5 heteroatoms. The average Bonchev–Trinajstić information content (AvgIpc) is 2.34. The molecule has 18 heavy (non-hydrogen) atoms. The summed E-state index contributed by atoms with van der Waals surface area (Å²) in [6.45, 7) is 1.59. The van der Waals surface area contributed by atoms with E-state index in [1.807, 2.05) is 30.3 Å². The Balaban J connectivity index is 2.87. The monoisotopic (exact) mass is 251 g/mol. The molecule has 1 aromatic carbocycles. The molecule has 0 radical (unpaired) electrons. The van der Waals surface area contributed by atoms with Crippen molar-refractivity contribution in [1.82, 2.24) is 4.90 Å². The number of aliphatic carboxylic acids is 1. The Labute approximate surface area is 106 Å². The molecule has 1 rings (SSSR count). The molecule has 0 aliphatic carbocycles. The quantitative estimate of drug-likeness (QED) is 0.823. The molecule has 0 saturated carbocycles. The van der Waals surface area contributed by atoms with Gasteiger partial charge in [0, 0.05) is 20.6 Å². The highest BCUT2D eigenvalue weighted by Gasteiger charge is 2.27. The first-order valence-electron chi connectivity index (χ1n) is 5.59. The molecule has 1 amide bonds. The van der Waals surface area contributed by atoms with Gasteiger partial charge in [-0.1, -0.05) is 30.3 Å². The summed E-state index contributed by atoms with van der Waals surface area (Å²) in [4.78, 5) is 24.0. The topological polar surface area (TPSA) is 66.8 Å². The normalized spacial score (nSPS) is 11.9. The molecular formula is C13H17NO4. The Kier molecular flexibility index (Phi) is 5.32. The predicted octanol–water partition coefficient (Wildman–Crippen LogP) is 1.13. The van der Waals surface area contributed by atoms with Crippen LogP contribution in [0.15, 0.2) is 30.3 Å². The highest BCUT2D eigenvalue weighted by Crippen LogP contribution is 2.09. The zero-order valence-electron chi connectivity index (χ0n) is 10.5. The summed E-state index contributed by atoms with van der Waals surface area (Å²) in [5.41, 5.74) is 0.884. The number of carbonyl (C=O) groups excluding carboxylic acids is 1. The van der Waals surface area contributed by atoms with Crippen LogP contribution < -0.4 is 0 Å². The van der Waals surface area contributed by atoms with Gasteiger partial charge in [-0.15, -0.1) is 0 Å². The summed E-state index contributed by atoms with van der Waals surface area (Å²) < 4.78 is 4.86. The van der Waals surface area contributed by atoms with Crippen LogP contribution in [0.3, 0.4) is 0 Å². The Hall–Kier alpha value is -1.88. The van der Waals surface area contributed by atoms with E-state index in [2.05, 4.69) is 0 Å². The van der Waals surface area contributed by atoms with Gasteiger partial charge in [0.1, 0.15) is 0 Å². The maximum Gasteiger partial charge on any atom is 0.328 e. The molecule has 98 valence electrons. The molecule has 1 atom stereocenters. The lowest BCUT2D eigenvalue weighted by atomic mass is 10.1. The third kappa shape index (κ3) is 3.85. The number of carboxylic acid groups (broad SMARTS) is 1. The second-order valence-electron chi connectivity index (χ2n) is 3.94. The highest BCUT2D eigenvalue weighted by atomic mass is 16.5. The Morgan fingerprint density at radius 2 is 1.94 bits per heavy atom. The molecule has 0 aromatic heterocycles. The molecule has 0 saturated heterocycles. The molecule has 0 aliphatic rings. The van der Waals surface area contributed by atoms with E-state index in [0.717, 1.165) is 5.56 Å². The minimum Gasteiger partial charge on any atom is -0.480 e. The highest BCUT2D eigenvalue weighted by molar-refractivity contribution is 5.82. The lowest BCUT2D eigenvalue weighted by Crippen LogP contribution is -2.46. The molecule has 0 aliphatic heterocycles. The first-order chi connectivity index (χ1) is 8.56. The third-order valence-electron chi connectivity index (χ3n) is 2.59. The van der Waals surface area contributed by atoms with Gasteiger partial charge in [-0.25, -0.2) is 4.79 Å². The minimum atomic E-state index is -1.07. The molecular weight excluding hydrogens is 234 g/mol. The summed E-state index contributed by atoms with van der Waals surface area (Å²) in [5.74, 6) is -1.36. The standard InChI is InChI=1S/C13H17NO4/c1-10(15)14(12(9-18-2)13(16)17)8-11-6-4-3-5-7-11/h3-7,12H,8-9H2,1-2H3,(H,16,17). The number of benzene rings is 1. The summed E-state index contributed by atoms with van der Waals surface area (Å²) in [6, 6.07) is 8.29. The summed E-state index contributed by atoms with van der Waals surface area (Å²) in [5, 5.41) is 9.13. The van der Waals surface area contributed by atoms with Crippen molar-refractivity contribution in [3.05, 3.63) is 35.9 Å². The zero-order valence-corrected chi connectivity index (χ0v) is 10.5. The molecule has 1 unspecified atom stereocenters. The van der Waals surface area contributed by atoms with Crippen LogP contribution in [-0.4, -0.2) is 41.6 Å². The van der Waals surface area contributed by atoms with E-state index in [-0.39, 0.29) is 19.1 Å². The van der Waals surface area contributed by atoms with Crippen molar-refractivity contribution in [3.63, 3.8) is 0 Å². The van der Waals surface area contributed by atoms with E-state index in [4.69, 9.17) is 9.84 Å². The number of nitrogens with zero attached hydrogens (tertiary/aromatic N) is 1. The van der Waals surface area contributed by atoms with Crippen LogP contribution >= 0.6 is 0 Å². The molecule has 0 spiro atoms. The van der Waals surface area contributed by atoms with Crippen molar-refractivity contribution in [1.29, 1.82) is 0 Å². The van der Waals surface area contributed by atoms with Gasteiger partial charge in [0.25, 0.3) is 0 Å². The first-order valence-corrected chi connectivity index (χ1v) is 5.59. The Bertz CT molecular complexity index is 405. The molecule has 1 aromatic rings. The second-order valence-corrected chi connectivity index (χ2v) is 3.94. The Morgan fingerprint density at radius 3 is 2.39 bits per heavy atom. The van der Waals surface area contributed by atoms with Gasteiger partial charge in [-0.3, -0.25) is 4.79 Å². The predicted molar refractivity (Wildman–Crippen MR) is 66.0 cm³/mol. The summed E-state index contributed by atoms with van der Waals surface area (Å²) >= 11 is 0. The molecule has 0 bridgehead atoms. The fourth-order valence-electron chi connectivity index (χ4n) is 1.67. The molecule has 1 N–H and O–H groups in total. The fraction of sp³-hybridized carbons (Fsp3) is 0.385. The van der Waals surface area contributed by atoms with Crippen LogP contribution in [0.2, 0.25) is 0 Å². The molecule has 0 heterocycles. The van der Waals surface area contributed by atoms with E-state index in [1.54, 1.807) is 0 Å². The van der Waals surface area contributed by atoms with Gasteiger partial charge in [0.15, 0.2) is 6.04 Å². The zero-order chi connectivity index (χ0) is 13.5. The number of amides is 1. The maximum absolute atomic E-state index is 11.6. The number of rotatable bonds is 6. The third-order valence-corrected chi connectivity index (χ3v) is 2.59. The van der Waals surface area contributed by atoms with Crippen LogP contribution in [0.5, 0.6) is 0 Å². The number of methoxy groups -OCH3 is 1. The van der Waals surface area contributed by atoms with Crippen LogP contribution in [0.25, 0.3) is 0 Å². The lowest BCUT2D eigenvalue weighted by molar-refractivity contribution is -0.152. The second kappa shape index (κ2) is 6.76. The smallest absolute Gasteiger partial charge is 0.328 e. The van der Waals surface area contributed by atoms with Crippen molar-refractivity contribution >= 4 is 11.9 Å². The van der Waals surface area contributed by atoms with Crippen molar-refractivity contribution in [2.75, 3.05) is 13.7 Å². The number of carboxylic acids is 1. The van der Waals surface area contributed by atoms with Gasteiger partial charge in [-0.2, -0.15) is 0 Å². The van der Waals surface area contributed by atoms with E-state index < -0.39 is 12.0 Å². The summed E-state index contributed by atoms with van der Waals surface area (Å²) in [6.07, 6.45) is 0. The van der Waals surface area contributed by atoms with Crippen molar-refractivity contribution in [2.45, 2.75) is 19.5 Å². The SMILES string of the molecule is COCC(C(=O)O)N(Cc1ccccc1)C(C)=O. The maximum atomic E-state index is 11.6. The number of carbonyl (C=O) groups is 2. The van der Waals surface area contributed by atoms with Crippen LogP contribution in [-0.2, 0) is 20.9 Å².